The molecule has 1 aromatic heterocycles. The SMILES string of the molecule is COC(=O)c1ccc2c(=O)n(CCCC(=O)NCc3ccc4c(c3)OCO4)c(=S)[nH]c2c1. The van der Waals surface area contributed by atoms with Crippen molar-refractivity contribution < 1.29 is 23.8 Å². The third-order valence-corrected chi connectivity index (χ3v) is 5.44. The Morgan fingerprint density at radius 1 is 1.19 bits per heavy atom. The van der Waals surface area contributed by atoms with Gasteiger partial charge in [-0.3, -0.25) is 14.2 Å². The number of fused-ring (bicyclic) bond motifs is 2. The lowest BCUT2D eigenvalue weighted by Gasteiger charge is -2.09. The summed E-state index contributed by atoms with van der Waals surface area (Å²) in [5.74, 6) is 0.732. The van der Waals surface area contributed by atoms with Crippen molar-refractivity contribution in [3.8, 4) is 11.5 Å². The van der Waals surface area contributed by atoms with E-state index in [4.69, 9.17) is 26.4 Å². The summed E-state index contributed by atoms with van der Waals surface area (Å²) < 4.78 is 17.0. The van der Waals surface area contributed by atoms with Crippen molar-refractivity contribution in [2.75, 3.05) is 13.9 Å². The van der Waals surface area contributed by atoms with Gasteiger partial charge >= 0.3 is 5.97 Å². The van der Waals surface area contributed by atoms with Gasteiger partial charge in [0, 0.05) is 19.5 Å². The normalized spacial score (nSPS) is 12.0. The number of H-pyrrole nitrogens is 1. The number of ether oxygens (including phenoxy) is 3. The molecule has 0 radical (unpaired) electrons. The zero-order chi connectivity index (χ0) is 22.7. The van der Waals surface area contributed by atoms with E-state index in [2.05, 4.69) is 10.3 Å². The smallest absolute Gasteiger partial charge is 0.337 e. The molecule has 9 nitrogen and oxygen atoms in total. The molecule has 0 bridgehead atoms. The molecule has 166 valence electrons. The predicted molar refractivity (Wildman–Crippen MR) is 118 cm³/mol. The molecule has 0 saturated heterocycles. The Morgan fingerprint density at radius 2 is 2.00 bits per heavy atom. The van der Waals surface area contributed by atoms with Gasteiger partial charge in [0.25, 0.3) is 5.56 Å². The van der Waals surface area contributed by atoms with Crippen LogP contribution in [-0.2, 0) is 22.6 Å². The summed E-state index contributed by atoms with van der Waals surface area (Å²) >= 11 is 5.31. The van der Waals surface area contributed by atoms with Crippen molar-refractivity contribution >= 4 is 35.0 Å². The minimum Gasteiger partial charge on any atom is -0.465 e. The van der Waals surface area contributed by atoms with Crippen LogP contribution >= 0.6 is 12.2 Å². The number of aromatic nitrogens is 2. The Kier molecular flexibility index (Phi) is 6.22. The lowest BCUT2D eigenvalue weighted by molar-refractivity contribution is -0.121. The van der Waals surface area contributed by atoms with Crippen LogP contribution in [0.1, 0.15) is 28.8 Å². The summed E-state index contributed by atoms with van der Waals surface area (Å²) in [5, 5.41) is 3.26. The maximum absolute atomic E-state index is 12.8. The summed E-state index contributed by atoms with van der Waals surface area (Å²) in [6, 6.07) is 10.1. The first-order valence-corrected chi connectivity index (χ1v) is 10.4. The molecule has 10 heteroatoms. The highest BCUT2D eigenvalue weighted by Gasteiger charge is 2.14. The van der Waals surface area contributed by atoms with Crippen molar-refractivity contribution in [3.05, 3.63) is 62.6 Å². The van der Waals surface area contributed by atoms with Crippen LogP contribution < -0.4 is 20.3 Å². The van der Waals surface area contributed by atoms with Gasteiger partial charge in [0.2, 0.25) is 12.7 Å². The second kappa shape index (κ2) is 9.23. The number of carbonyl (C=O) groups is 2. The molecule has 2 N–H and O–H groups in total. The molecule has 2 heterocycles. The quantitative estimate of drug-likeness (QED) is 0.416. The van der Waals surface area contributed by atoms with E-state index < -0.39 is 5.97 Å². The topological polar surface area (TPSA) is 112 Å². The van der Waals surface area contributed by atoms with Crippen LogP contribution in [-0.4, -0.2) is 35.3 Å². The Labute approximate surface area is 187 Å². The van der Waals surface area contributed by atoms with Crippen molar-refractivity contribution in [2.24, 2.45) is 0 Å². The molecule has 2 aromatic carbocycles. The van der Waals surface area contributed by atoms with Gasteiger partial charge in [0.05, 0.1) is 23.6 Å². The summed E-state index contributed by atoms with van der Waals surface area (Å²) in [6.07, 6.45) is 0.682. The number of esters is 1. The minimum atomic E-state index is -0.498. The zero-order valence-corrected chi connectivity index (χ0v) is 18.1. The van der Waals surface area contributed by atoms with Crippen LogP contribution in [0.15, 0.2) is 41.2 Å². The van der Waals surface area contributed by atoms with Crippen LogP contribution in [0.3, 0.4) is 0 Å². The fraction of sp³-hybridized carbons (Fsp3) is 0.273. The summed E-state index contributed by atoms with van der Waals surface area (Å²) in [4.78, 5) is 39.7. The molecule has 4 rings (SSSR count). The first-order chi connectivity index (χ1) is 15.5. The number of rotatable bonds is 7. The predicted octanol–water partition coefficient (Wildman–Crippen LogP) is 2.67. The molecule has 0 spiro atoms. The van der Waals surface area contributed by atoms with Crippen LogP contribution in [0.4, 0.5) is 0 Å². The van der Waals surface area contributed by atoms with E-state index in [0.717, 1.165) is 5.56 Å². The van der Waals surface area contributed by atoms with E-state index in [9.17, 15) is 14.4 Å². The van der Waals surface area contributed by atoms with E-state index in [-0.39, 0.29) is 29.5 Å². The standard InChI is InChI=1S/C22H21N3O6S/c1-29-21(28)14-5-6-15-16(10-14)24-22(32)25(20(15)27)8-2-3-19(26)23-11-13-4-7-17-18(9-13)31-12-30-17/h4-7,9-10H,2-3,8,11-12H2,1H3,(H,23,26)(H,24,32). The molecule has 1 aliphatic heterocycles. The first-order valence-electron chi connectivity index (χ1n) is 9.96. The van der Waals surface area contributed by atoms with Crippen LogP contribution in [0.5, 0.6) is 11.5 Å². The Morgan fingerprint density at radius 3 is 2.81 bits per heavy atom. The lowest BCUT2D eigenvalue weighted by Crippen LogP contribution is -2.25. The number of methoxy groups -OCH3 is 1. The molecule has 0 aliphatic carbocycles. The van der Waals surface area contributed by atoms with E-state index in [1.165, 1.54) is 23.8 Å². The monoisotopic (exact) mass is 455 g/mol. The Hall–Kier alpha value is -3.66. The van der Waals surface area contributed by atoms with Crippen LogP contribution in [0, 0.1) is 4.77 Å². The number of benzene rings is 2. The lowest BCUT2D eigenvalue weighted by atomic mass is 10.1. The molecule has 0 unspecified atom stereocenters. The second-order valence-corrected chi connectivity index (χ2v) is 7.59. The van der Waals surface area contributed by atoms with E-state index in [0.29, 0.717) is 47.5 Å². The average molecular weight is 455 g/mol. The maximum Gasteiger partial charge on any atom is 0.337 e. The van der Waals surface area contributed by atoms with Gasteiger partial charge in [-0.25, -0.2) is 4.79 Å². The second-order valence-electron chi connectivity index (χ2n) is 7.21. The first kappa shape index (κ1) is 21.6. The average Bonchev–Trinajstić information content (AvgIpc) is 3.26. The molecular weight excluding hydrogens is 434 g/mol. The largest absolute Gasteiger partial charge is 0.465 e. The van der Waals surface area contributed by atoms with Crippen molar-refractivity contribution in [2.45, 2.75) is 25.9 Å². The Bertz CT molecular complexity index is 1310. The maximum atomic E-state index is 12.8. The number of carbonyl (C=O) groups excluding carboxylic acids is 2. The highest BCUT2D eigenvalue weighted by Crippen LogP contribution is 2.32. The number of nitrogens with one attached hydrogen (secondary N) is 2. The fourth-order valence-electron chi connectivity index (χ4n) is 3.44. The number of amides is 1. The minimum absolute atomic E-state index is 0.130. The van der Waals surface area contributed by atoms with Gasteiger partial charge in [-0.15, -0.1) is 0 Å². The number of hydrogen-bond acceptors (Lipinski definition) is 7. The van der Waals surface area contributed by atoms with Gasteiger partial charge < -0.3 is 24.5 Å². The van der Waals surface area contributed by atoms with Gasteiger partial charge in [-0.05, 0) is 54.5 Å². The third-order valence-electron chi connectivity index (χ3n) is 5.12. The highest BCUT2D eigenvalue weighted by molar-refractivity contribution is 7.71. The molecule has 1 amide bonds. The third kappa shape index (κ3) is 4.50. The molecule has 0 atom stereocenters. The molecule has 0 fully saturated rings. The number of nitrogens with zero attached hydrogens (tertiary/aromatic N) is 1. The van der Waals surface area contributed by atoms with Gasteiger partial charge in [-0.1, -0.05) is 6.07 Å². The van der Waals surface area contributed by atoms with Crippen LogP contribution in [0.25, 0.3) is 10.9 Å². The number of hydrogen-bond donors (Lipinski definition) is 2. The van der Waals surface area contributed by atoms with Crippen molar-refractivity contribution in [1.82, 2.24) is 14.9 Å². The summed E-state index contributed by atoms with van der Waals surface area (Å²) in [5.41, 5.74) is 1.41. The van der Waals surface area contributed by atoms with E-state index in [1.54, 1.807) is 6.07 Å². The summed E-state index contributed by atoms with van der Waals surface area (Å²) in [6.45, 7) is 0.863. The zero-order valence-electron chi connectivity index (χ0n) is 17.3. The molecule has 32 heavy (non-hydrogen) atoms. The van der Waals surface area contributed by atoms with Crippen LogP contribution in [0.2, 0.25) is 0 Å². The molecule has 1 aliphatic rings. The van der Waals surface area contributed by atoms with E-state index in [1.807, 2.05) is 18.2 Å². The van der Waals surface area contributed by atoms with Gasteiger partial charge in [-0.2, -0.15) is 0 Å². The van der Waals surface area contributed by atoms with E-state index >= 15 is 0 Å². The highest BCUT2D eigenvalue weighted by atomic mass is 32.1. The fourth-order valence-corrected chi connectivity index (χ4v) is 3.72. The number of aromatic amines is 1. The van der Waals surface area contributed by atoms with Crippen molar-refractivity contribution in [3.63, 3.8) is 0 Å². The van der Waals surface area contributed by atoms with Gasteiger partial charge in [0.15, 0.2) is 16.3 Å². The molecular formula is C22H21N3O6S. The molecule has 3 aromatic rings. The summed E-state index contributed by atoms with van der Waals surface area (Å²) in [7, 11) is 1.29. The van der Waals surface area contributed by atoms with Gasteiger partial charge in [0.1, 0.15) is 0 Å². The Balaban J connectivity index is 1.36. The molecule has 0 saturated carbocycles. The van der Waals surface area contributed by atoms with Crippen molar-refractivity contribution in [1.29, 1.82) is 0 Å².